The van der Waals surface area contributed by atoms with Gasteiger partial charge in [0.15, 0.2) is 0 Å². The monoisotopic (exact) mass is 496 g/mol. The zero-order valence-corrected chi connectivity index (χ0v) is 19.0. The summed E-state index contributed by atoms with van der Waals surface area (Å²) in [6, 6.07) is 10.2. The van der Waals surface area contributed by atoms with Crippen LogP contribution in [0.5, 0.6) is 0 Å². The molecular weight excluding hydrogens is 476 g/mol. The number of nitrogens with one attached hydrogen (secondary N) is 1. The molecule has 4 rings (SSSR count). The van der Waals surface area contributed by atoms with Crippen molar-refractivity contribution >= 4 is 40.5 Å². The van der Waals surface area contributed by atoms with Crippen molar-refractivity contribution in [2.24, 2.45) is 11.1 Å². The molecule has 9 heteroatoms. The predicted molar refractivity (Wildman–Crippen MR) is 123 cm³/mol. The number of alkyl halides is 3. The third-order valence-electron chi connectivity index (χ3n) is 5.90. The highest BCUT2D eigenvalue weighted by Gasteiger charge is 2.62. The van der Waals surface area contributed by atoms with Crippen LogP contribution in [0.1, 0.15) is 43.2 Å². The molecule has 2 aromatic rings. The van der Waals surface area contributed by atoms with Gasteiger partial charge < -0.3 is 10.2 Å². The number of oxime groups is 1. The Morgan fingerprint density at radius 1 is 1.12 bits per heavy atom. The van der Waals surface area contributed by atoms with Gasteiger partial charge in [-0.15, -0.1) is 0 Å². The SMILES string of the molecule is O=C(/C=C/C1CCCC1)Nc1cccc(C2=NOC(c3cc(Cl)cc(Cl)c3)(C(F)(F)F)C2)c1. The number of carbonyl (C=O) groups is 1. The maximum atomic E-state index is 14.2. The second kappa shape index (κ2) is 9.39. The van der Waals surface area contributed by atoms with Gasteiger partial charge in [-0.1, -0.05) is 59.4 Å². The van der Waals surface area contributed by atoms with E-state index in [4.69, 9.17) is 28.0 Å². The lowest BCUT2D eigenvalue weighted by molar-refractivity contribution is -0.275. The van der Waals surface area contributed by atoms with Crippen LogP contribution in [0.4, 0.5) is 18.9 Å². The van der Waals surface area contributed by atoms with Crippen molar-refractivity contribution in [1.82, 2.24) is 0 Å². The molecule has 0 spiro atoms. The van der Waals surface area contributed by atoms with Gasteiger partial charge in [0.1, 0.15) is 0 Å². The molecule has 1 amide bonds. The zero-order valence-electron chi connectivity index (χ0n) is 17.5. The van der Waals surface area contributed by atoms with E-state index in [-0.39, 0.29) is 27.2 Å². The maximum Gasteiger partial charge on any atom is 0.435 e. The van der Waals surface area contributed by atoms with E-state index in [1.54, 1.807) is 24.3 Å². The molecule has 174 valence electrons. The molecule has 0 aromatic heterocycles. The Labute approximate surface area is 199 Å². The Hall–Kier alpha value is -2.51. The number of hydrogen-bond acceptors (Lipinski definition) is 3. The highest BCUT2D eigenvalue weighted by molar-refractivity contribution is 6.34. The lowest BCUT2D eigenvalue weighted by atomic mass is 9.86. The molecule has 1 heterocycles. The summed E-state index contributed by atoms with van der Waals surface area (Å²) in [6.45, 7) is 0. The van der Waals surface area contributed by atoms with E-state index in [1.165, 1.54) is 37.1 Å². The molecule has 4 nitrogen and oxygen atoms in total. The molecular formula is C24H21Cl2F3N2O2. The summed E-state index contributed by atoms with van der Waals surface area (Å²) < 4.78 is 42.5. The van der Waals surface area contributed by atoms with Gasteiger partial charge in [-0.05, 0) is 55.2 Å². The predicted octanol–water partition coefficient (Wildman–Crippen LogP) is 7.26. The normalized spacial score (nSPS) is 21.3. The van der Waals surface area contributed by atoms with E-state index in [0.29, 0.717) is 17.2 Å². The first-order valence-electron chi connectivity index (χ1n) is 10.5. The first-order chi connectivity index (χ1) is 15.7. The Morgan fingerprint density at radius 2 is 1.82 bits per heavy atom. The molecule has 0 radical (unpaired) electrons. The molecule has 2 aromatic carbocycles. The molecule has 1 unspecified atom stereocenters. The van der Waals surface area contributed by atoms with Gasteiger partial charge in [-0.3, -0.25) is 4.79 Å². The molecule has 0 bridgehead atoms. The maximum absolute atomic E-state index is 14.2. The van der Waals surface area contributed by atoms with Gasteiger partial charge in [0.25, 0.3) is 5.60 Å². The second-order valence-corrected chi connectivity index (χ2v) is 9.14. The van der Waals surface area contributed by atoms with Crippen molar-refractivity contribution in [3.05, 3.63) is 75.8 Å². The summed E-state index contributed by atoms with van der Waals surface area (Å²) in [4.78, 5) is 17.3. The van der Waals surface area contributed by atoms with Crippen LogP contribution in [0, 0.1) is 5.92 Å². The number of nitrogens with zero attached hydrogens (tertiary/aromatic N) is 1. The second-order valence-electron chi connectivity index (χ2n) is 8.26. The highest BCUT2D eigenvalue weighted by atomic mass is 35.5. The van der Waals surface area contributed by atoms with E-state index in [1.807, 2.05) is 6.08 Å². The van der Waals surface area contributed by atoms with E-state index in [2.05, 4.69) is 10.5 Å². The van der Waals surface area contributed by atoms with Crippen LogP contribution in [0.25, 0.3) is 0 Å². The van der Waals surface area contributed by atoms with Gasteiger partial charge in [-0.25, -0.2) is 0 Å². The number of hydrogen-bond donors (Lipinski definition) is 1. The Morgan fingerprint density at radius 3 is 2.48 bits per heavy atom. The molecule has 33 heavy (non-hydrogen) atoms. The first kappa shape index (κ1) is 23.6. The van der Waals surface area contributed by atoms with Gasteiger partial charge in [0, 0.05) is 33.3 Å². The highest BCUT2D eigenvalue weighted by Crippen LogP contribution is 2.49. The zero-order chi connectivity index (χ0) is 23.6. The van der Waals surface area contributed by atoms with Crippen LogP contribution in [-0.4, -0.2) is 17.8 Å². The van der Waals surface area contributed by atoms with Crippen molar-refractivity contribution in [2.45, 2.75) is 43.9 Å². The van der Waals surface area contributed by atoms with Crippen molar-refractivity contribution in [1.29, 1.82) is 0 Å². The number of carbonyl (C=O) groups excluding carboxylic acids is 1. The standard InChI is InChI=1S/C24H21Cl2F3N2O2/c25-18-11-17(12-19(26)13-18)23(24(27,28)29)14-21(31-33-23)16-6-3-7-20(10-16)30-22(32)9-8-15-4-1-2-5-15/h3,6-13,15H,1-2,4-5,14H2,(H,30,32)/b9-8+. The number of rotatable bonds is 5. The van der Waals surface area contributed by atoms with Crippen molar-refractivity contribution in [2.75, 3.05) is 5.32 Å². The molecule has 0 saturated heterocycles. The molecule has 1 N–H and O–H groups in total. The molecule has 1 aliphatic carbocycles. The summed E-state index contributed by atoms with van der Waals surface area (Å²) in [5.41, 5.74) is -1.98. The lowest BCUT2D eigenvalue weighted by Gasteiger charge is -2.29. The van der Waals surface area contributed by atoms with E-state index in [9.17, 15) is 18.0 Å². The van der Waals surface area contributed by atoms with Crippen LogP contribution in [0.15, 0.2) is 59.8 Å². The average molecular weight is 497 g/mol. The van der Waals surface area contributed by atoms with Crippen molar-refractivity contribution in [3.8, 4) is 0 Å². The van der Waals surface area contributed by atoms with E-state index in [0.717, 1.165) is 12.8 Å². The van der Waals surface area contributed by atoms with Gasteiger partial charge in [0.05, 0.1) is 5.71 Å². The molecule has 2 aliphatic rings. The Balaban J connectivity index is 1.53. The van der Waals surface area contributed by atoms with Gasteiger partial charge in [-0.2, -0.15) is 13.2 Å². The largest absolute Gasteiger partial charge is 0.435 e. The van der Waals surface area contributed by atoms with Crippen LogP contribution in [0.2, 0.25) is 10.0 Å². The number of allylic oxidation sites excluding steroid dienone is 1. The lowest BCUT2D eigenvalue weighted by Crippen LogP contribution is -2.42. The number of anilines is 1. The summed E-state index contributed by atoms with van der Waals surface area (Å²) in [5.74, 6) is 0.129. The third-order valence-corrected chi connectivity index (χ3v) is 6.33. The van der Waals surface area contributed by atoms with Crippen molar-refractivity contribution < 1.29 is 22.8 Å². The Kier molecular flexibility index (Phi) is 6.73. The van der Waals surface area contributed by atoms with E-state index < -0.39 is 18.2 Å². The fourth-order valence-corrected chi connectivity index (χ4v) is 4.71. The number of halogens is 5. The number of benzene rings is 2. The average Bonchev–Trinajstić information content (AvgIpc) is 3.42. The Bertz CT molecular complexity index is 1090. The summed E-state index contributed by atoms with van der Waals surface area (Å²) >= 11 is 11.9. The van der Waals surface area contributed by atoms with Gasteiger partial charge in [0.2, 0.25) is 5.91 Å². The van der Waals surface area contributed by atoms with Crippen LogP contribution < -0.4 is 5.32 Å². The molecule has 1 fully saturated rings. The van der Waals surface area contributed by atoms with E-state index >= 15 is 0 Å². The molecule has 1 aliphatic heterocycles. The topological polar surface area (TPSA) is 50.7 Å². The smallest absolute Gasteiger partial charge is 0.374 e. The molecule has 1 saturated carbocycles. The minimum atomic E-state index is -4.77. The van der Waals surface area contributed by atoms with Crippen LogP contribution in [-0.2, 0) is 15.2 Å². The minimum Gasteiger partial charge on any atom is -0.374 e. The summed E-state index contributed by atoms with van der Waals surface area (Å²) in [6.07, 6.45) is 2.59. The van der Waals surface area contributed by atoms with Gasteiger partial charge >= 0.3 is 6.18 Å². The fraction of sp³-hybridized carbons (Fsp3) is 0.333. The first-order valence-corrected chi connectivity index (χ1v) is 11.3. The van der Waals surface area contributed by atoms with Crippen LogP contribution in [0.3, 0.4) is 0 Å². The van der Waals surface area contributed by atoms with Crippen molar-refractivity contribution in [3.63, 3.8) is 0 Å². The quantitative estimate of drug-likeness (QED) is 0.442. The summed E-state index contributed by atoms with van der Waals surface area (Å²) in [7, 11) is 0. The molecule has 1 atom stereocenters. The fourth-order valence-electron chi connectivity index (χ4n) is 4.18. The number of amides is 1. The van der Waals surface area contributed by atoms with Crippen LogP contribution >= 0.6 is 23.2 Å². The minimum absolute atomic E-state index is 0.0635. The summed E-state index contributed by atoms with van der Waals surface area (Å²) in [5, 5.41) is 6.63. The third kappa shape index (κ3) is 5.20.